The number of hydrogen-bond donors (Lipinski definition) is 1. The van der Waals surface area contributed by atoms with E-state index in [1.165, 1.54) is 28.5 Å². The van der Waals surface area contributed by atoms with Gasteiger partial charge < -0.3 is 14.8 Å². The maximum Gasteiger partial charge on any atom is 0.230 e. The third kappa shape index (κ3) is 5.60. The van der Waals surface area contributed by atoms with Crippen LogP contribution in [0.5, 0.6) is 5.75 Å². The fourth-order valence-corrected chi connectivity index (χ4v) is 5.21. The molecule has 1 aliphatic rings. The van der Waals surface area contributed by atoms with E-state index in [1.807, 2.05) is 22.9 Å². The van der Waals surface area contributed by atoms with Crippen LogP contribution in [0.1, 0.15) is 29.5 Å². The zero-order valence-corrected chi connectivity index (χ0v) is 20.3. The maximum absolute atomic E-state index is 12.8. The van der Waals surface area contributed by atoms with Crippen LogP contribution in [-0.2, 0) is 14.9 Å². The number of benzene rings is 2. The molecule has 1 fully saturated rings. The largest absolute Gasteiger partial charge is 0.497 e. The number of aryl methyl sites for hydroxylation is 2. The summed E-state index contributed by atoms with van der Waals surface area (Å²) in [4.78, 5) is 17.3. The second kappa shape index (κ2) is 10.4. The highest BCUT2D eigenvalue weighted by atomic mass is 32.2. The molecule has 6 nitrogen and oxygen atoms in total. The number of carbonyl (C=O) groups is 1. The first-order valence-corrected chi connectivity index (χ1v) is 12.2. The molecule has 1 aliphatic heterocycles. The monoisotopic (exact) mass is 465 g/mol. The lowest BCUT2D eigenvalue weighted by atomic mass is 9.74. The zero-order valence-electron chi connectivity index (χ0n) is 19.5. The summed E-state index contributed by atoms with van der Waals surface area (Å²) < 4.78 is 13.0. The van der Waals surface area contributed by atoms with Gasteiger partial charge >= 0.3 is 0 Å². The van der Waals surface area contributed by atoms with Crippen molar-refractivity contribution in [3.63, 3.8) is 0 Å². The number of thioether (sulfide) groups is 1. The maximum atomic E-state index is 12.8. The molecule has 2 heterocycles. The van der Waals surface area contributed by atoms with Gasteiger partial charge in [-0.1, -0.05) is 30.0 Å². The smallest absolute Gasteiger partial charge is 0.230 e. The molecule has 1 saturated heterocycles. The van der Waals surface area contributed by atoms with Crippen LogP contribution in [0.25, 0.3) is 5.69 Å². The quantitative estimate of drug-likeness (QED) is 0.498. The lowest BCUT2D eigenvalue weighted by Gasteiger charge is -2.38. The van der Waals surface area contributed by atoms with Crippen molar-refractivity contribution in [2.24, 2.45) is 0 Å². The second-order valence-electron chi connectivity index (χ2n) is 8.61. The summed E-state index contributed by atoms with van der Waals surface area (Å²) >= 11 is 1.45. The number of carbonyl (C=O) groups excluding carboxylic acids is 1. The summed E-state index contributed by atoms with van der Waals surface area (Å²) in [7, 11) is 1.67. The van der Waals surface area contributed by atoms with Crippen molar-refractivity contribution in [3.05, 3.63) is 71.5 Å². The fraction of sp³-hybridized carbons (Fsp3) is 0.385. The number of aromatic nitrogens is 2. The van der Waals surface area contributed by atoms with Gasteiger partial charge in [0.1, 0.15) is 5.75 Å². The number of rotatable bonds is 8. The van der Waals surface area contributed by atoms with E-state index in [0.717, 1.165) is 29.4 Å². The summed E-state index contributed by atoms with van der Waals surface area (Å²) in [5, 5.41) is 3.99. The first-order valence-electron chi connectivity index (χ1n) is 11.2. The standard InChI is InChI=1S/C26H31N3O3S/c1-19-14-20(2)16-22(15-19)29-11-10-27-25(29)33-17-24(30)28-18-26(8-12-32-13-9-26)21-4-6-23(31-3)7-5-21/h4-7,10-11,14-16H,8-9,12-13,17-18H2,1-3H3,(H,28,30). The molecule has 33 heavy (non-hydrogen) atoms. The summed E-state index contributed by atoms with van der Waals surface area (Å²) in [6, 6.07) is 14.6. The van der Waals surface area contributed by atoms with E-state index >= 15 is 0 Å². The van der Waals surface area contributed by atoms with E-state index in [4.69, 9.17) is 9.47 Å². The van der Waals surface area contributed by atoms with Crippen molar-refractivity contribution in [2.75, 3.05) is 32.6 Å². The SMILES string of the molecule is COc1ccc(C2(CNC(=O)CSc3nccn3-c3cc(C)cc(C)c3)CCOCC2)cc1. The number of methoxy groups -OCH3 is 1. The number of ether oxygens (including phenoxy) is 2. The summed E-state index contributed by atoms with van der Waals surface area (Å²) in [5.41, 5.74) is 4.56. The number of amides is 1. The van der Waals surface area contributed by atoms with E-state index in [0.29, 0.717) is 25.5 Å². The third-order valence-electron chi connectivity index (χ3n) is 6.20. The van der Waals surface area contributed by atoms with Crippen molar-refractivity contribution in [1.29, 1.82) is 0 Å². The molecule has 1 N–H and O–H groups in total. The minimum absolute atomic E-state index is 0.00866. The number of nitrogens with zero attached hydrogens (tertiary/aromatic N) is 2. The van der Waals surface area contributed by atoms with Gasteiger partial charge in [-0.05, 0) is 67.6 Å². The van der Waals surface area contributed by atoms with Crippen molar-refractivity contribution in [1.82, 2.24) is 14.9 Å². The Balaban J connectivity index is 1.40. The third-order valence-corrected chi connectivity index (χ3v) is 7.17. The predicted octanol–water partition coefficient (Wildman–Crippen LogP) is 4.45. The lowest BCUT2D eigenvalue weighted by Crippen LogP contribution is -2.45. The second-order valence-corrected chi connectivity index (χ2v) is 9.55. The molecule has 7 heteroatoms. The Labute approximate surface area is 199 Å². The molecule has 0 unspecified atom stereocenters. The number of imidazole rings is 1. The van der Waals surface area contributed by atoms with E-state index in [9.17, 15) is 4.79 Å². The van der Waals surface area contributed by atoms with Crippen LogP contribution in [-0.4, -0.2) is 48.1 Å². The van der Waals surface area contributed by atoms with Crippen LogP contribution in [0.3, 0.4) is 0 Å². The van der Waals surface area contributed by atoms with Gasteiger partial charge in [0, 0.05) is 43.3 Å². The van der Waals surface area contributed by atoms with Crippen LogP contribution in [0.4, 0.5) is 0 Å². The Morgan fingerprint density at radius 3 is 2.52 bits per heavy atom. The lowest BCUT2D eigenvalue weighted by molar-refractivity contribution is -0.119. The van der Waals surface area contributed by atoms with Gasteiger partial charge in [0.25, 0.3) is 0 Å². The van der Waals surface area contributed by atoms with Gasteiger partial charge in [-0.2, -0.15) is 0 Å². The average molecular weight is 466 g/mol. The number of hydrogen-bond acceptors (Lipinski definition) is 5. The molecule has 0 spiro atoms. The molecule has 0 saturated carbocycles. The van der Waals surface area contributed by atoms with Crippen LogP contribution in [0.15, 0.2) is 60.0 Å². The highest BCUT2D eigenvalue weighted by molar-refractivity contribution is 7.99. The summed E-state index contributed by atoms with van der Waals surface area (Å²) in [5.74, 6) is 1.16. The van der Waals surface area contributed by atoms with E-state index < -0.39 is 0 Å². The summed E-state index contributed by atoms with van der Waals surface area (Å²) in [6.45, 7) is 6.16. The van der Waals surface area contributed by atoms with Crippen molar-refractivity contribution >= 4 is 17.7 Å². The van der Waals surface area contributed by atoms with Crippen LogP contribution in [0, 0.1) is 13.8 Å². The van der Waals surface area contributed by atoms with Crippen molar-refractivity contribution in [2.45, 2.75) is 37.3 Å². The van der Waals surface area contributed by atoms with Gasteiger partial charge in [-0.15, -0.1) is 0 Å². The average Bonchev–Trinajstić information content (AvgIpc) is 3.30. The summed E-state index contributed by atoms with van der Waals surface area (Å²) in [6.07, 6.45) is 5.47. The Hall–Kier alpha value is -2.77. The molecule has 0 atom stereocenters. The molecule has 2 aromatic carbocycles. The molecular formula is C26H31N3O3S. The van der Waals surface area contributed by atoms with E-state index in [-0.39, 0.29) is 11.3 Å². The molecule has 4 rings (SSSR count). The fourth-order valence-electron chi connectivity index (χ4n) is 4.41. The van der Waals surface area contributed by atoms with Gasteiger partial charge in [0.15, 0.2) is 5.16 Å². The minimum Gasteiger partial charge on any atom is -0.497 e. The van der Waals surface area contributed by atoms with Crippen LogP contribution in [0.2, 0.25) is 0 Å². The number of nitrogens with one attached hydrogen (secondary N) is 1. The normalized spacial score (nSPS) is 15.2. The van der Waals surface area contributed by atoms with Crippen LogP contribution >= 0.6 is 11.8 Å². The first-order chi connectivity index (χ1) is 16.0. The highest BCUT2D eigenvalue weighted by Gasteiger charge is 2.34. The Kier molecular flexibility index (Phi) is 7.40. The van der Waals surface area contributed by atoms with Gasteiger partial charge in [0.2, 0.25) is 5.91 Å². The van der Waals surface area contributed by atoms with E-state index in [2.05, 4.69) is 54.5 Å². The van der Waals surface area contributed by atoms with Gasteiger partial charge in [-0.25, -0.2) is 4.98 Å². The molecule has 1 amide bonds. The highest BCUT2D eigenvalue weighted by Crippen LogP contribution is 2.35. The Bertz CT molecular complexity index is 1070. The van der Waals surface area contributed by atoms with Crippen molar-refractivity contribution < 1.29 is 14.3 Å². The molecule has 0 bridgehead atoms. The molecular weight excluding hydrogens is 434 g/mol. The Morgan fingerprint density at radius 2 is 1.85 bits per heavy atom. The molecule has 0 aliphatic carbocycles. The topological polar surface area (TPSA) is 65.4 Å². The predicted molar refractivity (Wildman–Crippen MR) is 131 cm³/mol. The Morgan fingerprint density at radius 1 is 1.15 bits per heavy atom. The zero-order chi connectivity index (χ0) is 23.3. The van der Waals surface area contributed by atoms with Gasteiger partial charge in [-0.3, -0.25) is 9.36 Å². The van der Waals surface area contributed by atoms with Gasteiger partial charge in [0.05, 0.1) is 12.9 Å². The first kappa shape index (κ1) is 23.4. The molecule has 174 valence electrons. The molecule has 0 radical (unpaired) electrons. The minimum atomic E-state index is -0.123. The molecule has 1 aromatic heterocycles. The molecule has 3 aromatic rings. The van der Waals surface area contributed by atoms with E-state index in [1.54, 1.807) is 13.3 Å². The van der Waals surface area contributed by atoms with Crippen LogP contribution < -0.4 is 10.1 Å². The van der Waals surface area contributed by atoms with Crippen molar-refractivity contribution in [3.8, 4) is 11.4 Å².